The first kappa shape index (κ1) is 22.3. The fourth-order valence-corrected chi connectivity index (χ4v) is 9.18. The van der Waals surface area contributed by atoms with Crippen molar-refractivity contribution in [3.8, 4) is 0 Å². The third-order valence-corrected chi connectivity index (χ3v) is 10.4. The van der Waals surface area contributed by atoms with Gasteiger partial charge in [-0.2, -0.15) is 0 Å². The zero-order chi connectivity index (χ0) is 22.5. The number of ether oxygens (including phenoxy) is 1. The summed E-state index contributed by atoms with van der Waals surface area (Å²) in [6, 6.07) is -0.254. The molecule has 1 N–H and O–H groups in total. The first-order chi connectivity index (χ1) is 16.1. The van der Waals surface area contributed by atoms with E-state index < -0.39 is 0 Å². The van der Waals surface area contributed by atoms with Gasteiger partial charge in [0.1, 0.15) is 6.04 Å². The molecule has 2 saturated heterocycles. The number of carbonyl (C=O) groups excluding carboxylic acids is 2. The van der Waals surface area contributed by atoms with E-state index in [9.17, 15) is 9.59 Å². The second kappa shape index (κ2) is 8.82. The van der Waals surface area contributed by atoms with Crippen LogP contribution in [0.15, 0.2) is 0 Å². The predicted octanol–water partition coefficient (Wildman–Crippen LogP) is 3.35. The summed E-state index contributed by atoms with van der Waals surface area (Å²) in [4.78, 5) is 32.1. The molecule has 5 saturated carbocycles. The van der Waals surface area contributed by atoms with Crippen molar-refractivity contribution in [1.82, 2.24) is 15.1 Å². The molecule has 6 nitrogen and oxygen atoms in total. The van der Waals surface area contributed by atoms with Crippen LogP contribution in [-0.2, 0) is 14.3 Å². The molecule has 184 valence electrons. The third-order valence-electron chi connectivity index (χ3n) is 10.4. The zero-order valence-corrected chi connectivity index (χ0v) is 20.4. The van der Waals surface area contributed by atoms with Crippen molar-refractivity contribution in [1.29, 1.82) is 0 Å². The standard InChI is InChI=1S/C27H43N3O3/c31-24(28-19-27(6-2-1-3-7-27)29-9-11-33-12-10-29)23-5-4-8-30(23)25(32)26-16-20-13-21(17-26)15-22(14-20)18-26/h20-23H,1-19H2,(H,28,31). The van der Waals surface area contributed by atoms with Crippen molar-refractivity contribution < 1.29 is 14.3 Å². The Morgan fingerprint density at radius 3 is 2.12 bits per heavy atom. The number of nitrogens with one attached hydrogen (secondary N) is 1. The summed E-state index contributed by atoms with van der Waals surface area (Å²) >= 11 is 0. The highest BCUT2D eigenvalue weighted by atomic mass is 16.5. The van der Waals surface area contributed by atoms with Gasteiger partial charge < -0.3 is 15.0 Å². The molecule has 7 fully saturated rings. The van der Waals surface area contributed by atoms with Crippen LogP contribution in [0.2, 0.25) is 0 Å². The number of nitrogens with zero attached hydrogens (tertiary/aromatic N) is 2. The Bertz CT molecular complexity index is 720. The van der Waals surface area contributed by atoms with E-state index in [1.54, 1.807) is 0 Å². The van der Waals surface area contributed by atoms with E-state index >= 15 is 0 Å². The van der Waals surface area contributed by atoms with Gasteiger partial charge in [0.2, 0.25) is 11.8 Å². The van der Waals surface area contributed by atoms with Crippen LogP contribution in [0.1, 0.15) is 83.5 Å². The molecule has 33 heavy (non-hydrogen) atoms. The minimum Gasteiger partial charge on any atom is -0.379 e. The van der Waals surface area contributed by atoms with E-state index in [4.69, 9.17) is 4.74 Å². The monoisotopic (exact) mass is 457 g/mol. The van der Waals surface area contributed by atoms with E-state index in [1.165, 1.54) is 38.5 Å². The lowest BCUT2D eigenvalue weighted by Crippen LogP contribution is -2.61. The van der Waals surface area contributed by atoms with Gasteiger partial charge in [-0.3, -0.25) is 14.5 Å². The molecule has 2 aliphatic heterocycles. The van der Waals surface area contributed by atoms with Crippen LogP contribution in [0.3, 0.4) is 0 Å². The molecule has 0 aromatic carbocycles. The molecule has 4 bridgehead atoms. The maximum atomic E-state index is 14.0. The number of morpholine rings is 1. The van der Waals surface area contributed by atoms with Crippen LogP contribution in [0.25, 0.3) is 0 Å². The van der Waals surface area contributed by atoms with E-state index in [2.05, 4.69) is 10.2 Å². The average Bonchev–Trinajstić information content (AvgIpc) is 3.32. The predicted molar refractivity (Wildman–Crippen MR) is 127 cm³/mol. The van der Waals surface area contributed by atoms with Crippen molar-refractivity contribution in [3.05, 3.63) is 0 Å². The maximum Gasteiger partial charge on any atom is 0.242 e. The Labute approximate surface area is 199 Å². The van der Waals surface area contributed by atoms with E-state index in [0.29, 0.717) is 5.91 Å². The summed E-state index contributed by atoms with van der Waals surface area (Å²) in [6.07, 6.45) is 15.2. The number of hydrogen-bond donors (Lipinski definition) is 1. The number of hydrogen-bond acceptors (Lipinski definition) is 4. The first-order valence-corrected chi connectivity index (χ1v) is 14.0. The fourth-order valence-electron chi connectivity index (χ4n) is 9.18. The van der Waals surface area contributed by atoms with E-state index in [0.717, 1.165) is 102 Å². The van der Waals surface area contributed by atoms with Gasteiger partial charge in [0.25, 0.3) is 0 Å². The highest BCUT2D eigenvalue weighted by Crippen LogP contribution is 2.60. The van der Waals surface area contributed by atoms with Crippen LogP contribution >= 0.6 is 0 Å². The molecule has 0 aromatic rings. The first-order valence-electron chi connectivity index (χ1n) is 14.0. The summed E-state index contributed by atoms with van der Waals surface area (Å²) in [7, 11) is 0. The third kappa shape index (κ3) is 4.03. The smallest absolute Gasteiger partial charge is 0.242 e. The van der Waals surface area contributed by atoms with Crippen LogP contribution in [-0.4, -0.2) is 72.6 Å². The lowest BCUT2D eigenvalue weighted by molar-refractivity contribution is -0.160. The van der Waals surface area contributed by atoms with Gasteiger partial charge in [0, 0.05) is 31.7 Å². The SMILES string of the molecule is O=C(NCC1(N2CCOCC2)CCCCC1)C1CCCN1C(=O)C12CC3CC(CC(C3)C1)C2. The molecule has 5 aliphatic carbocycles. The van der Waals surface area contributed by atoms with Gasteiger partial charge >= 0.3 is 0 Å². The number of amides is 2. The van der Waals surface area contributed by atoms with Gasteiger partial charge in [-0.1, -0.05) is 19.3 Å². The van der Waals surface area contributed by atoms with Crippen molar-refractivity contribution in [2.45, 2.75) is 95.1 Å². The highest BCUT2D eigenvalue weighted by Gasteiger charge is 2.57. The molecular formula is C27H43N3O3. The average molecular weight is 458 g/mol. The minimum absolute atomic E-state index is 0.0745. The molecule has 0 spiro atoms. The molecule has 7 rings (SSSR count). The van der Waals surface area contributed by atoms with E-state index in [1.807, 2.05) is 4.90 Å². The fraction of sp³-hybridized carbons (Fsp3) is 0.926. The minimum atomic E-state index is -0.254. The number of rotatable bonds is 5. The normalized spacial score (nSPS) is 40.2. The summed E-state index contributed by atoms with van der Waals surface area (Å²) in [5.41, 5.74) is -0.0684. The molecular weight excluding hydrogens is 414 g/mol. The van der Waals surface area contributed by atoms with Crippen LogP contribution in [0.5, 0.6) is 0 Å². The molecule has 2 heterocycles. The Morgan fingerprint density at radius 2 is 1.48 bits per heavy atom. The topological polar surface area (TPSA) is 61.9 Å². The van der Waals surface area contributed by atoms with Gasteiger partial charge in [0.15, 0.2) is 0 Å². The second-order valence-electron chi connectivity index (χ2n) is 12.5. The maximum absolute atomic E-state index is 14.0. The summed E-state index contributed by atoms with van der Waals surface area (Å²) in [5.74, 6) is 2.71. The highest BCUT2D eigenvalue weighted by molar-refractivity contribution is 5.91. The second-order valence-corrected chi connectivity index (χ2v) is 12.5. The Kier molecular flexibility index (Phi) is 5.97. The number of likely N-dealkylation sites (tertiary alicyclic amines) is 1. The Morgan fingerprint density at radius 1 is 0.848 bits per heavy atom. The zero-order valence-electron chi connectivity index (χ0n) is 20.4. The summed E-state index contributed by atoms with van der Waals surface area (Å²) in [6.45, 7) is 5.03. The molecule has 1 atom stereocenters. The van der Waals surface area contributed by atoms with Crippen LogP contribution < -0.4 is 5.32 Å². The molecule has 2 amide bonds. The van der Waals surface area contributed by atoms with Gasteiger partial charge in [-0.15, -0.1) is 0 Å². The van der Waals surface area contributed by atoms with Gasteiger partial charge in [0.05, 0.1) is 18.6 Å². The number of carbonyl (C=O) groups is 2. The quantitative estimate of drug-likeness (QED) is 0.688. The summed E-state index contributed by atoms with van der Waals surface area (Å²) < 4.78 is 5.61. The molecule has 7 aliphatic rings. The molecule has 1 unspecified atom stereocenters. The van der Waals surface area contributed by atoms with E-state index in [-0.39, 0.29) is 22.9 Å². The van der Waals surface area contributed by atoms with Gasteiger partial charge in [-0.05, 0) is 82.0 Å². The Balaban J connectivity index is 1.13. The molecule has 0 aromatic heterocycles. The van der Waals surface area contributed by atoms with Crippen LogP contribution in [0.4, 0.5) is 0 Å². The largest absolute Gasteiger partial charge is 0.379 e. The summed E-state index contributed by atoms with van der Waals surface area (Å²) in [5, 5.41) is 3.38. The molecule has 0 radical (unpaired) electrons. The van der Waals surface area contributed by atoms with Gasteiger partial charge in [-0.25, -0.2) is 0 Å². The van der Waals surface area contributed by atoms with Crippen molar-refractivity contribution in [3.63, 3.8) is 0 Å². The molecule has 6 heteroatoms. The van der Waals surface area contributed by atoms with Crippen molar-refractivity contribution in [2.24, 2.45) is 23.2 Å². The lowest BCUT2D eigenvalue weighted by atomic mass is 9.49. The van der Waals surface area contributed by atoms with Crippen molar-refractivity contribution >= 4 is 11.8 Å². The van der Waals surface area contributed by atoms with Crippen LogP contribution in [0, 0.1) is 23.2 Å². The lowest BCUT2D eigenvalue weighted by Gasteiger charge is -2.56. The van der Waals surface area contributed by atoms with Crippen molar-refractivity contribution in [2.75, 3.05) is 39.4 Å². The Hall–Kier alpha value is -1.14.